The molecule has 1 aromatic rings. The lowest BCUT2D eigenvalue weighted by atomic mass is 9.65. The molecule has 126 valence electrons. The van der Waals surface area contributed by atoms with E-state index in [1.165, 1.54) is 6.92 Å². The molecule has 0 heterocycles. The van der Waals surface area contributed by atoms with Crippen molar-refractivity contribution >= 4 is 17.5 Å². The summed E-state index contributed by atoms with van der Waals surface area (Å²) in [5, 5.41) is 0. The van der Waals surface area contributed by atoms with Crippen molar-refractivity contribution in [1.82, 2.24) is 0 Å². The van der Waals surface area contributed by atoms with Gasteiger partial charge in [0.05, 0.1) is 0 Å². The molecule has 1 aliphatic rings. The second-order valence-corrected chi connectivity index (χ2v) is 6.38. The number of carbonyl (C=O) groups excluding carboxylic acids is 3. The van der Waals surface area contributed by atoms with Crippen LogP contribution in [0.4, 0.5) is 0 Å². The van der Waals surface area contributed by atoms with Gasteiger partial charge in [-0.25, -0.2) is 0 Å². The summed E-state index contributed by atoms with van der Waals surface area (Å²) in [5.41, 5.74) is -0.535. The van der Waals surface area contributed by atoms with Gasteiger partial charge >= 0.3 is 5.97 Å². The Labute approximate surface area is 142 Å². The fourth-order valence-corrected chi connectivity index (χ4v) is 3.37. The lowest BCUT2D eigenvalue weighted by Crippen LogP contribution is -2.47. The molecule has 2 unspecified atom stereocenters. The molecule has 1 saturated carbocycles. The monoisotopic (exact) mass is 326 g/mol. The van der Waals surface area contributed by atoms with Gasteiger partial charge in [-0.15, -0.1) is 12.3 Å². The Morgan fingerprint density at radius 2 is 2.04 bits per heavy atom. The smallest absolute Gasteiger partial charge is 0.320 e. The first-order chi connectivity index (χ1) is 11.5. The van der Waals surface area contributed by atoms with E-state index in [-0.39, 0.29) is 30.5 Å². The Morgan fingerprint density at radius 1 is 1.33 bits per heavy atom. The quantitative estimate of drug-likeness (QED) is 0.458. The lowest BCUT2D eigenvalue weighted by molar-refractivity contribution is -0.167. The number of carbonyl (C=O) groups is 3. The van der Waals surface area contributed by atoms with Gasteiger partial charge in [0.1, 0.15) is 17.8 Å². The molecule has 0 N–H and O–H groups in total. The highest BCUT2D eigenvalue weighted by Crippen LogP contribution is 2.41. The zero-order valence-corrected chi connectivity index (χ0v) is 13.9. The summed E-state index contributed by atoms with van der Waals surface area (Å²) in [6.45, 7) is 1.48. The number of esters is 1. The zero-order valence-electron chi connectivity index (χ0n) is 13.9. The molecule has 24 heavy (non-hydrogen) atoms. The van der Waals surface area contributed by atoms with Gasteiger partial charge in [-0.1, -0.05) is 36.8 Å². The van der Waals surface area contributed by atoms with Crippen molar-refractivity contribution in [3.63, 3.8) is 0 Å². The van der Waals surface area contributed by atoms with Crippen LogP contribution in [0.5, 0.6) is 0 Å². The van der Waals surface area contributed by atoms with Crippen LogP contribution in [0.25, 0.3) is 0 Å². The van der Waals surface area contributed by atoms with Gasteiger partial charge in [0.25, 0.3) is 0 Å². The predicted octanol–water partition coefficient (Wildman–Crippen LogP) is 3.09. The highest BCUT2D eigenvalue weighted by molar-refractivity contribution is 6.08. The number of benzene rings is 1. The third kappa shape index (κ3) is 3.91. The molecule has 0 aliphatic heterocycles. The fraction of sp³-hybridized carbons (Fsp3) is 0.450. The summed E-state index contributed by atoms with van der Waals surface area (Å²) in [7, 11) is 0. The number of hydrogen-bond acceptors (Lipinski definition) is 4. The third-order valence-corrected chi connectivity index (χ3v) is 4.52. The first-order valence-electron chi connectivity index (χ1n) is 8.18. The van der Waals surface area contributed by atoms with Crippen LogP contribution in [0.1, 0.15) is 44.6 Å². The first-order valence-corrected chi connectivity index (χ1v) is 8.18. The van der Waals surface area contributed by atoms with Crippen molar-refractivity contribution in [2.24, 2.45) is 11.3 Å². The predicted molar refractivity (Wildman–Crippen MR) is 89.8 cm³/mol. The van der Waals surface area contributed by atoms with Gasteiger partial charge in [-0.2, -0.15) is 0 Å². The fourth-order valence-electron chi connectivity index (χ4n) is 3.37. The van der Waals surface area contributed by atoms with Crippen LogP contribution >= 0.6 is 0 Å². The summed E-state index contributed by atoms with van der Waals surface area (Å²) in [4.78, 5) is 37.3. The van der Waals surface area contributed by atoms with Crippen LogP contribution in [-0.4, -0.2) is 17.5 Å². The van der Waals surface area contributed by atoms with E-state index in [0.29, 0.717) is 25.7 Å². The molecular formula is C20H22O4. The highest BCUT2D eigenvalue weighted by atomic mass is 16.5. The molecule has 4 nitrogen and oxygen atoms in total. The maximum absolute atomic E-state index is 12.9. The topological polar surface area (TPSA) is 60.4 Å². The normalized spacial score (nSPS) is 23.3. The van der Waals surface area contributed by atoms with Crippen LogP contribution < -0.4 is 0 Å². The molecule has 0 saturated heterocycles. The summed E-state index contributed by atoms with van der Waals surface area (Å²) in [6.07, 6.45) is 7.22. The summed E-state index contributed by atoms with van der Waals surface area (Å²) < 4.78 is 5.41. The molecule has 0 amide bonds. The SMILES string of the molecule is C#CCC1CCCC(CC(C)=O)(C(=O)OCc2ccccc2)C1=O. The molecule has 1 aliphatic carbocycles. The van der Waals surface area contributed by atoms with Gasteiger partial charge in [-0.3, -0.25) is 14.4 Å². The molecular weight excluding hydrogens is 304 g/mol. The Hall–Kier alpha value is -2.41. The summed E-state index contributed by atoms with van der Waals surface area (Å²) in [5.74, 6) is 1.10. The Balaban J connectivity index is 2.20. The van der Waals surface area contributed by atoms with Crippen molar-refractivity contribution < 1.29 is 19.1 Å². The van der Waals surface area contributed by atoms with Gasteiger partial charge < -0.3 is 4.74 Å². The minimum atomic E-state index is -1.37. The van der Waals surface area contributed by atoms with Gasteiger partial charge in [0, 0.05) is 18.8 Å². The van der Waals surface area contributed by atoms with Crippen molar-refractivity contribution in [1.29, 1.82) is 0 Å². The minimum absolute atomic E-state index is 0.0897. The number of ketones is 2. The van der Waals surface area contributed by atoms with Crippen molar-refractivity contribution in [3.05, 3.63) is 35.9 Å². The Bertz CT molecular complexity index is 656. The number of rotatable bonds is 6. The maximum Gasteiger partial charge on any atom is 0.320 e. The van der Waals surface area contributed by atoms with E-state index in [4.69, 9.17) is 11.2 Å². The van der Waals surface area contributed by atoms with E-state index in [9.17, 15) is 14.4 Å². The number of ether oxygens (including phenoxy) is 1. The van der Waals surface area contributed by atoms with Crippen molar-refractivity contribution in [2.45, 2.75) is 45.6 Å². The van der Waals surface area contributed by atoms with Gasteiger partial charge in [-0.05, 0) is 25.3 Å². The average Bonchev–Trinajstić information content (AvgIpc) is 2.57. The van der Waals surface area contributed by atoms with E-state index < -0.39 is 11.4 Å². The Morgan fingerprint density at radius 3 is 2.67 bits per heavy atom. The van der Waals surface area contributed by atoms with Crippen LogP contribution in [0.2, 0.25) is 0 Å². The van der Waals surface area contributed by atoms with Crippen molar-refractivity contribution in [2.75, 3.05) is 0 Å². The van der Waals surface area contributed by atoms with E-state index in [1.807, 2.05) is 30.3 Å². The molecule has 0 bridgehead atoms. The molecule has 2 atom stereocenters. The van der Waals surface area contributed by atoms with Crippen LogP contribution in [-0.2, 0) is 25.7 Å². The second kappa shape index (κ2) is 7.92. The molecule has 1 aromatic carbocycles. The third-order valence-electron chi connectivity index (χ3n) is 4.52. The molecule has 0 aromatic heterocycles. The van der Waals surface area contributed by atoms with Crippen LogP contribution in [0.15, 0.2) is 30.3 Å². The van der Waals surface area contributed by atoms with Gasteiger partial charge in [0.2, 0.25) is 0 Å². The Kier molecular flexibility index (Phi) is 5.92. The highest BCUT2D eigenvalue weighted by Gasteiger charge is 2.52. The lowest BCUT2D eigenvalue weighted by Gasteiger charge is -2.36. The summed E-state index contributed by atoms with van der Waals surface area (Å²) in [6, 6.07) is 9.26. The molecule has 2 rings (SSSR count). The number of Topliss-reactive ketones (excluding diaryl/α,β-unsaturated/α-hetero) is 2. The first kappa shape index (κ1) is 17.9. The standard InChI is InChI=1S/C20H22O4/c1-3-8-17-11-7-12-20(18(17)22,13-15(2)21)19(23)24-14-16-9-5-4-6-10-16/h1,4-6,9-10,17H,7-8,11-14H2,2H3. The largest absolute Gasteiger partial charge is 0.460 e. The van der Waals surface area contributed by atoms with E-state index in [1.54, 1.807) is 0 Å². The summed E-state index contributed by atoms with van der Waals surface area (Å²) >= 11 is 0. The average molecular weight is 326 g/mol. The molecule has 0 spiro atoms. The number of terminal acetylenes is 1. The minimum Gasteiger partial charge on any atom is -0.460 e. The van der Waals surface area contributed by atoms with E-state index in [0.717, 1.165) is 5.56 Å². The molecule has 0 radical (unpaired) electrons. The zero-order chi connectivity index (χ0) is 17.6. The van der Waals surface area contributed by atoms with Crippen LogP contribution in [0, 0.1) is 23.7 Å². The van der Waals surface area contributed by atoms with E-state index >= 15 is 0 Å². The van der Waals surface area contributed by atoms with Crippen LogP contribution in [0.3, 0.4) is 0 Å². The molecule has 4 heteroatoms. The molecule has 1 fully saturated rings. The second-order valence-electron chi connectivity index (χ2n) is 6.38. The van der Waals surface area contributed by atoms with Gasteiger partial charge in [0.15, 0.2) is 5.78 Å². The van der Waals surface area contributed by atoms with Crippen molar-refractivity contribution in [3.8, 4) is 12.3 Å². The number of hydrogen-bond donors (Lipinski definition) is 0. The van der Waals surface area contributed by atoms with E-state index in [2.05, 4.69) is 5.92 Å². The maximum atomic E-state index is 12.9.